The molecule has 1 heterocycles. The first kappa shape index (κ1) is 10.4. The molecule has 1 aromatic heterocycles. The number of benzene rings is 1. The van der Waals surface area contributed by atoms with Crippen molar-refractivity contribution >= 4 is 34.2 Å². The summed E-state index contributed by atoms with van der Waals surface area (Å²) in [6.07, 6.45) is 1.39. The van der Waals surface area contributed by atoms with E-state index in [1.165, 1.54) is 6.26 Å². The van der Waals surface area contributed by atoms with Gasteiger partial charge in [0, 0.05) is 5.39 Å². The number of hydrazine groups is 1. The van der Waals surface area contributed by atoms with Crippen LogP contribution in [0.3, 0.4) is 0 Å². The van der Waals surface area contributed by atoms with Crippen molar-refractivity contribution in [2.45, 2.75) is 0 Å². The number of hydrogen-bond acceptors (Lipinski definition) is 3. The number of nitrogens with one attached hydrogen (secondary N) is 2. The Bertz CT molecular complexity index is 550. The van der Waals surface area contributed by atoms with E-state index < -0.39 is 0 Å². The van der Waals surface area contributed by atoms with Crippen molar-refractivity contribution < 1.29 is 9.21 Å². The molecule has 4 N–H and O–H groups in total. The molecular formula is C10H9N3O2S. The molecule has 16 heavy (non-hydrogen) atoms. The summed E-state index contributed by atoms with van der Waals surface area (Å²) in [4.78, 5) is 11.7. The molecule has 0 radical (unpaired) electrons. The molecule has 0 fully saturated rings. The number of carbonyl (C=O) groups excluding carboxylic acids is 1. The van der Waals surface area contributed by atoms with Gasteiger partial charge < -0.3 is 10.2 Å². The lowest BCUT2D eigenvalue weighted by Gasteiger charge is -2.04. The Kier molecular flexibility index (Phi) is 2.74. The van der Waals surface area contributed by atoms with Gasteiger partial charge in [-0.2, -0.15) is 0 Å². The van der Waals surface area contributed by atoms with Gasteiger partial charge >= 0.3 is 0 Å². The number of carbonyl (C=O) groups is 1. The maximum Gasteiger partial charge on any atom is 0.273 e. The third-order valence-electron chi connectivity index (χ3n) is 2.02. The summed E-state index contributed by atoms with van der Waals surface area (Å²) in [6.45, 7) is 0. The summed E-state index contributed by atoms with van der Waals surface area (Å²) >= 11 is 4.57. The predicted octanol–water partition coefficient (Wildman–Crippen LogP) is 0.911. The topological polar surface area (TPSA) is 80.3 Å². The maximum atomic E-state index is 11.7. The van der Waals surface area contributed by atoms with Crippen LogP contribution < -0.4 is 16.6 Å². The molecule has 6 heteroatoms. The molecule has 0 spiro atoms. The van der Waals surface area contributed by atoms with E-state index in [0.29, 0.717) is 11.1 Å². The Labute approximate surface area is 96.6 Å². The van der Waals surface area contributed by atoms with Gasteiger partial charge in [-0.05, 0) is 18.3 Å². The third-order valence-corrected chi connectivity index (χ3v) is 2.13. The van der Waals surface area contributed by atoms with Crippen LogP contribution in [-0.4, -0.2) is 11.0 Å². The van der Waals surface area contributed by atoms with Crippen molar-refractivity contribution in [3.8, 4) is 0 Å². The third kappa shape index (κ3) is 1.96. The second kappa shape index (κ2) is 4.19. The molecule has 1 amide bonds. The summed E-state index contributed by atoms with van der Waals surface area (Å²) in [5.74, 6) is -0.349. The van der Waals surface area contributed by atoms with E-state index in [-0.39, 0.29) is 11.0 Å². The fraction of sp³-hybridized carbons (Fsp3) is 0. The Morgan fingerprint density at radius 3 is 2.81 bits per heavy atom. The van der Waals surface area contributed by atoms with Gasteiger partial charge in [-0.1, -0.05) is 18.2 Å². The largest absolute Gasteiger partial charge is 0.463 e. The molecule has 1 aromatic carbocycles. The highest BCUT2D eigenvalue weighted by molar-refractivity contribution is 7.80. The maximum absolute atomic E-state index is 11.7. The summed E-state index contributed by atoms with van der Waals surface area (Å²) in [5.41, 5.74) is 11.0. The van der Waals surface area contributed by atoms with Crippen LogP contribution in [0.4, 0.5) is 0 Å². The zero-order valence-corrected chi connectivity index (χ0v) is 9.01. The van der Waals surface area contributed by atoms with Crippen LogP contribution in [0.5, 0.6) is 0 Å². The minimum atomic E-state index is -0.349. The van der Waals surface area contributed by atoms with Crippen LogP contribution in [0.2, 0.25) is 0 Å². The van der Waals surface area contributed by atoms with Crippen molar-refractivity contribution in [2.75, 3.05) is 0 Å². The average Bonchev–Trinajstić information content (AvgIpc) is 2.69. The predicted molar refractivity (Wildman–Crippen MR) is 63.6 cm³/mol. The number of furan rings is 1. The number of hydrogen-bond donors (Lipinski definition) is 3. The Morgan fingerprint density at radius 1 is 1.31 bits per heavy atom. The molecule has 0 aliphatic heterocycles. The highest BCUT2D eigenvalue weighted by Gasteiger charge is 2.12. The summed E-state index contributed by atoms with van der Waals surface area (Å²) < 4.78 is 5.22. The van der Waals surface area contributed by atoms with Crippen molar-refractivity contribution in [2.24, 2.45) is 5.73 Å². The van der Waals surface area contributed by atoms with Crippen LogP contribution >= 0.6 is 12.2 Å². The molecule has 0 atom stereocenters. The first-order valence-electron chi connectivity index (χ1n) is 4.50. The van der Waals surface area contributed by atoms with Gasteiger partial charge in [0.05, 0.1) is 5.56 Å². The number of thiocarbonyl (C=S) groups is 1. The molecule has 0 saturated carbocycles. The van der Waals surface area contributed by atoms with Crippen molar-refractivity contribution in [3.63, 3.8) is 0 Å². The standard InChI is InChI=1S/C10H9N3O2S/c11-10(16)13-12-9(14)7-5-15-8-4-2-1-3-6(7)8/h1-5H,(H,12,14)(H3,11,13,16). The van der Waals surface area contributed by atoms with E-state index >= 15 is 0 Å². The monoisotopic (exact) mass is 235 g/mol. The van der Waals surface area contributed by atoms with Crippen LogP contribution in [0.15, 0.2) is 34.9 Å². The van der Waals surface area contributed by atoms with Gasteiger partial charge in [-0.15, -0.1) is 0 Å². The number of para-hydroxylation sites is 1. The van der Waals surface area contributed by atoms with Crippen molar-refractivity contribution in [1.82, 2.24) is 10.9 Å². The molecule has 0 bridgehead atoms. The number of rotatable bonds is 1. The van der Waals surface area contributed by atoms with Gasteiger partial charge in [0.1, 0.15) is 11.8 Å². The van der Waals surface area contributed by atoms with E-state index in [1.54, 1.807) is 12.1 Å². The Hall–Kier alpha value is -2.08. The number of nitrogens with two attached hydrogens (primary N) is 1. The van der Waals surface area contributed by atoms with Crippen LogP contribution in [0.1, 0.15) is 10.4 Å². The second-order valence-electron chi connectivity index (χ2n) is 3.09. The van der Waals surface area contributed by atoms with E-state index in [2.05, 4.69) is 23.1 Å². The summed E-state index contributed by atoms with van der Waals surface area (Å²) in [5, 5.41) is 0.742. The molecule has 0 aliphatic rings. The van der Waals surface area contributed by atoms with E-state index in [0.717, 1.165) is 5.39 Å². The molecule has 2 aromatic rings. The SMILES string of the molecule is NC(=S)NNC(=O)c1coc2ccccc12. The lowest BCUT2D eigenvalue weighted by atomic mass is 10.2. The second-order valence-corrected chi connectivity index (χ2v) is 3.53. The van der Waals surface area contributed by atoms with Gasteiger partial charge in [-0.3, -0.25) is 15.6 Å². The lowest BCUT2D eigenvalue weighted by molar-refractivity contribution is 0.0945. The molecule has 82 valence electrons. The fourth-order valence-corrected chi connectivity index (χ4v) is 1.39. The smallest absolute Gasteiger partial charge is 0.273 e. The van der Waals surface area contributed by atoms with Crippen molar-refractivity contribution in [1.29, 1.82) is 0 Å². The van der Waals surface area contributed by atoms with E-state index in [9.17, 15) is 4.79 Å². The first-order valence-corrected chi connectivity index (χ1v) is 4.91. The van der Waals surface area contributed by atoms with Crippen LogP contribution in [0, 0.1) is 0 Å². The van der Waals surface area contributed by atoms with Gasteiger partial charge in [0.2, 0.25) is 0 Å². The van der Waals surface area contributed by atoms with E-state index in [1.807, 2.05) is 12.1 Å². The van der Waals surface area contributed by atoms with Crippen molar-refractivity contribution in [3.05, 3.63) is 36.1 Å². The molecule has 5 nitrogen and oxygen atoms in total. The van der Waals surface area contributed by atoms with Crippen LogP contribution in [-0.2, 0) is 0 Å². The highest BCUT2D eigenvalue weighted by Crippen LogP contribution is 2.20. The van der Waals surface area contributed by atoms with Gasteiger partial charge in [-0.25, -0.2) is 0 Å². The highest BCUT2D eigenvalue weighted by atomic mass is 32.1. The number of fused-ring (bicyclic) bond motifs is 1. The van der Waals surface area contributed by atoms with Gasteiger partial charge in [0.25, 0.3) is 5.91 Å². The summed E-state index contributed by atoms with van der Waals surface area (Å²) in [7, 11) is 0. The molecule has 0 saturated heterocycles. The Balaban J connectivity index is 2.26. The lowest BCUT2D eigenvalue weighted by Crippen LogP contribution is -2.44. The minimum absolute atomic E-state index is 0.00107. The normalized spacial score (nSPS) is 10.0. The first-order chi connectivity index (χ1) is 7.68. The fourth-order valence-electron chi connectivity index (χ4n) is 1.34. The van der Waals surface area contributed by atoms with Gasteiger partial charge in [0.15, 0.2) is 5.11 Å². The van der Waals surface area contributed by atoms with Crippen LogP contribution in [0.25, 0.3) is 11.0 Å². The van der Waals surface area contributed by atoms with E-state index in [4.69, 9.17) is 10.2 Å². The molecule has 0 unspecified atom stereocenters. The summed E-state index contributed by atoms with van der Waals surface area (Å²) in [6, 6.07) is 7.25. The Morgan fingerprint density at radius 2 is 2.06 bits per heavy atom. The number of amides is 1. The minimum Gasteiger partial charge on any atom is -0.463 e. The molecule has 2 rings (SSSR count). The molecule has 0 aliphatic carbocycles. The average molecular weight is 235 g/mol. The zero-order valence-electron chi connectivity index (χ0n) is 8.19. The quantitative estimate of drug-likeness (QED) is 0.505. The zero-order chi connectivity index (χ0) is 11.5. The molecular weight excluding hydrogens is 226 g/mol.